The molecule has 0 bridgehead atoms. The van der Waals surface area contributed by atoms with Crippen LogP contribution in [0.2, 0.25) is 0 Å². The van der Waals surface area contributed by atoms with Crippen molar-refractivity contribution in [2.45, 2.75) is 39.3 Å². The zero-order valence-electron chi connectivity index (χ0n) is 13.5. The summed E-state index contributed by atoms with van der Waals surface area (Å²) in [6.07, 6.45) is 2.57. The van der Waals surface area contributed by atoms with Gasteiger partial charge in [-0.15, -0.1) is 0 Å². The van der Waals surface area contributed by atoms with Crippen LogP contribution in [-0.4, -0.2) is 59.3 Å². The maximum absolute atomic E-state index is 13.1. The summed E-state index contributed by atoms with van der Waals surface area (Å²) in [5, 5.41) is 7.62. The Morgan fingerprint density at radius 3 is 2.67 bits per heavy atom. The number of nitrogens with one attached hydrogen (secondary N) is 1. The number of piperazine rings is 1. The van der Waals surface area contributed by atoms with E-state index in [1.165, 1.54) is 0 Å². The van der Waals surface area contributed by atoms with Gasteiger partial charge < -0.3 is 10.1 Å². The molecule has 1 aromatic heterocycles. The van der Waals surface area contributed by atoms with Gasteiger partial charge in [-0.3, -0.25) is 14.4 Å². The van der Waals surface area contributed by atoms with E-state index < -0.39 is 5.54 Å². The monoisotopic (exact) mass is 294 g/mol. The third-order valence-corrected chi connectivity index (χ3v) is 4.14. The topological polar surface area (TPSA) is 59.4 Å². The van der Waals surface area contributed by atoms with Gasteiger partial charge in [0, 0.05) is 32.7 Å². The molecular weight excluding hydrogens is 268 g/mol. The highest BCUT2D eigenvalue weighted by Gasteiger charge is 2.39. The van der Waals surface area contributed by atoms with E-state index in [2.05, 4.69) is 22.2 Å². The van der Waals surface area contributed by atoms with Crippen LogP contribution in [0.25, 0.3) is 0 Å². The highest BCUT2D eigenvalue weighted by Crippen LogP contribution is 2.27. The summed E-state index contributed by atoms with van der Waals surface area (Å²) in [6, 6.07) is 0. The molecule has 0 atom stereocenters. The lowest BCUT2D eigenvalue weighted by molar-refractivity contribution is 0.0588. The molecule has 1 saturated heterocycles. The van der Waals surface area contributed by atoms with Crippen molar-refractivity contribution < 1.29 is 9.53 Å². The van der Waals surface area contributed by atoms with E-state index in [4.69, 9.17) is 4.74 Å². The molecule has 21 heavy (non-hydrogen) atoms. The second kappa shape index (κ2) is 6.58. The molecular formula is C15H26N4O2. The Hall–Kier alpha value is -1.40. The summed E-state index contributed by atoms with van der Waals surface area (Å²) in [6.45, 7) is 10.4. The molecule has 0 saturated carbocycles. The zero-order chi connectivity index (χ0) is 15.5. The third kappa shape index (κ3) is 3.11. The number of Topliss-reactive ketones (excluding diaryl/α,β-unsaturated/α-hetero) is 1. The Balaban J connectivity index is 2.31. The van der Waals surface area contributed by atoms with E-state index >= 15 is 0 Å². The maximum Gasteiger partial charge on any atom is 0.204 e. The van der Waals surface area contributed by atoms with Crippen molar-refractivity contribution in [1.82, 2.24) is 20.0 Å². The van der Waals surface area contributed by atoms with Gasteiger partial charge >= 0.3 is 0 Å². The lowest BCUT2D eigenvalue weighted by Gasteiger charge is -2.39. The average molecular weight is 294 g/mol. The van der Waals surface area contributed by atoms with Gasteiger partial charge in [0.25, 0.3) is 0 Å². The smallest absolute Gasteiger partial charge is 0.204 e. The Morgan fingerprint density at radius 2 is 2.10 bits per heavy atom. The highest BCUT2D eigenvalue weighted by atomic mass is 16.5. The summed E-state index contributed by atoms with van der Waals surface area (Å²) in [4.78, 5) is 15.3. The van der Waals surface area contributed by atoms with Crippen molar-refractivity contribution in [2.24, 2.45) is 0 Å². The average Bonchev–Trinajstić information content (AvgIpc) is 2.90. The Kier molecular flexibility index (Phi) is 5.00. The second-order valence-corrected chi connectivity index (χ2v) is 5.91. The van der Waals surface area contributed by atoms with E-state index in [9.17, 15) is 4.79 Å². The molecule has 1 aliphatic rings. The summed E-state index contributed by atoms with van der Waals surface area (Å²) in [7, 11) is 1.59. The van der Waals surface area contributed by atoms with Gasteiger partial charge in [-0.1, -0.05) is 6.92 Å². The quantitative estimate of drug-likeness (QED) is 0.798. The fourth-order valence-corrected chi connectivity index (χ4v) is 2.79. The number of methoxy groups -OCH3 is 1. The standard InChI is InChI=1S/C15H26N4O2/c1-5-8-19-13(12(21-4)11-17-19)14(20)15(2,3)18-9-6-16-7-10-18/h11,16H,5-10H2,1-4H3. The molecule has 2 heterocycles. The molecule has 0 radical (unpaired) electrons. The fourth-order valence-electron chi connectivity index (χ4n) is 2.79. The largest absolute Gasteiger partial charge is 0.493 e. The minimum absolute atomic E-state index is 0.0761. The fraction of sp³-hybridized carbons (Fsp3) is 0.733. The summed E-state index contributed by atoms with van der Waals surface area (Å²) < 4.78 is 7.11. The Morgan fingerprint density at radius 1 is 1.43 bits per heavy atom. The van der Waals surface area contributed by atoms with Crippen molar-refractivity contribution in [2.75, 3.05) is 33.3 Å². The number of rotatable bonds is 6. The Bertz CT molecular complexity index is 490. The lowest BCUT2D eigenvalue weighted by atomic mass is 9.93. The number of hydrogen-bond acceptors (Lipinski definition) is 5. The molecule has 118 valence electrons. The number of ketones is 1. The van der Waals surface area contributed by atoms with Crippen molar-refractivity contribution in [3.05, 3.63) is 11.9 Å². The minimum Gasteiger partial charge on any atom is -0.493 e. The summed E-state index contributed by atoms with van der Waals surface area (Å²) in [5.41, 5.74) is 0.0313. The van der Waals surface area contributed by atoms with E-state index in [0.717, 1.165) is 39.1 Å². The molecule has 1 N–H and O–H groups in total. The first-order chi connectivity index (χ1) is 10.0. The predicted molar refractivity (Wildman–Crippen MR) is 81.9 cm³/mol. The van der Waals surface area contributed by atoms with Crippen LogP contribution in [0, 0.1) is 0 Å². The van der Waals surface area contributed by atoms with Gasteiger partial charge in [-0.25, -0.2) is 0 Å². The molecule has 0 aromatic carbocycles. The van der Waals surface area contributed by atoms with Crippen LogP contribution in [0.4, 0.5) is 0 Å². The molecule has 0 unspecified atom stereocenters. The van der Waals surface area contributed by atoms with Crippen LogP contribution in [0.15, 0.2) is 6.20 Å². The van der Waals surface area contributed by atoms with E-state index in [0.29, 0.717) is 11.4 Å². The van der Waals surface area contributed by atoms with Crippen LogP contribution in [-0.2, 0) is 6.54 Å². The van der Waals surface area contributed by atoms with Crippen LogP contribution in [0.3, 0.4) is 0 Å². The van der Waals surface area contributed by atoms with Crippen molar-refractivity contribution >= 4 is 5.78 Å². The molecule has 1 aliphatic heterocycles. The van der Waals surface area contributed by atoms with Gasteiger partial charge in [0.2, 0.25) is 5.78 Å². The van der Waals surface area contributed by atoms with Gasteiger partial charge in [0.05, 0.1) is 18.8 Å². The van der Waals surface area contributed by atoms with Gasteiger partial charge in [0.15, 0.2) is 5.75 Å². The number of carbonyl (C=O) groups excluding carboxylic acids is 1. The van der Waals surface area contributed by atoms with Gasteiger partial charge in [-0.2, -0.15) is 5.10 Å². The zero-order valence-corrected chi connectivity index (χ0v) is 13.5. The number of aromatic nitrogens is 2. The van der Waals surface area contributed by atoms with Crippen LogP contribution >= 0.6 is 0 Å². The van der Waals surface area contributed by atoms with Gasteiger partial charge in [-0.05, 0) is 20.3 Å². The van der Waals surface area contributed by atoms with Crippen LogP contribution in [0.1, 0.15) is 37.7 Å². The Labute approximate surface area is 126 Å². The molecule has 0 amide bonds. The molecule has 0 aliphatic carbocycles. The molecule has 1 fully saturated rings. The number of nitrogens with zero attached hydrogens (tertiary/aromatic N) is 3. The minimum atomic E-state index is -0.555. The van der Waals surface area contributed by atoms with Crippen molar-refractivity contribution in [3.8, 4) is 5.75 Å². The highest BCUT2D eigenvalue weighted by molar-refractivity contribution is 6.03. The van der Waals surface area contributed by atoms with Crippen LogP contribution in [0.5, 0.6) is 5.75 Å². The molecule has 0 spiro atoms. The number of carbonyl (C=O) groups is 1. The molecule has 6 nitrogen and oxygen atoms in total. The number of hydrogen-bond donors (Lipinski definition) is 1. The van der Waals surface area contributed by atoms with Crippen molar-refractivity contribution in [1.29, 1.82) is 0 Å². The summed E-state index contributed by atoms with van der Waals surface area (Å²) >= 11 is 0. The van der Waals surface area contributed by atoms with E-state index in [-0.39, 0.29) is 5.78 Å². The number of ether oxygens (including phenoxy) is 1. The predicted octanol–water partition coefficient (Wildman–Crippen LogP) is 1.17. The molecule has 6 heteroatoms. The van der Waals surface area contributed by atoms with Gasteiger partial charge in [0.1, 0.15) is 5.69 Å². The number of aryl methyl sites for hydroxylation is 1. The third-order valence-electron chi connectivity index (χ3n) is 4.14. The van der Waals surface area contributed by atoms with Crippen LogP contribution < -0.4 is 10.1 Å². The first-order valence-corrected chi connectivity index (χ1v) is 7.62. The molecule has 1 aromatic rings. The SMILES string of the molecule is CCCn1ncc(OC)c1C(=O)C(C)(C)N1CCNCC1. The maximum atomic E-state index is 13.1. The first-order valence-electron chi connectivity index (χ1n) is 7.62. The normalized spacial score (nSPS) is 17.0. The second-order valence-electron chi connectivity index (χ2n) is 5.91. The molecule has 2 rings (SSSR count). The lowest BCUT2D eigenvalue weighted by Crippen LogP contribution is -2.57. The van der Waals surface area contributed by atoms with E-state index in [1.807, 2.05) is 13.8 Å². The van der Waals surface area contributed by atoms with E-state index in [1.54, 1.807) is 18.0 Å². The first kappa shape index (κ1) is 16.0. The summed E-state index contributed by atoms with van der Waals surface area (Å²) in [5.74, 6) is 0.642. The van der Waals surface area contributed by atoms with Crippen molar-refractivity contribution in [3.63, 3.8) is 0 Å².